The summed E-state index contributed by atoms with van der Waals surface area (Å²) in [5.74, 6) is 0.0262. The molecule has 0 spiro atoms. The van der Waals surface area contributed by atoms with Crippen LogP contribution in [0.2, 0.25) is 0 Å². The molecule has 0 amide bonds. The van der Waals surface area contributed by atoms with Crippen LogP contribution in [-0.2, 0) is 9.47 Å². The van der Waals surface area contributed by atoms with Crippen molar-refractivity contribution < 1.29 is 19.5 Å². The lowest BCUT2D eigenvalue weighted by molar-refractivity contribution is 0.0183. The summed E-state index contributed by atoms with van der Waals surface area (Å²) in [6.07, 6.45) is 3.16. The van der Waals surface area contributed by atoms with Gasteiger partial charge in [-0.2, -0.15) is 0 Å². The lowest BCUT2D eigenvalue weighted by atomic mass is 9.83. The van der Waals surface area contributed by atoms with Gasteiger partial charge in [0.25, 0.3) is 0 Å². The molecule has 7 nitrogen and oxygen atoms in total. The lowest BCUT2D eigenvalue weighted by Crippen LogP contribution is -2.38. The highest BCUT2D eigenvalue weighted by Gasteiger charge is 2.24. The smallest absolute Gasteiger partial charge is 0.435 e. The molecule has 1 N–H and O–H groups in total. The van der Waals surface area contributed by atoms with Crippen LogP contribution in [0.25, 0.3) is 0 Å². The second kappa shape index (κ2) is 12.4. The lowest BCUT2D eigenvalue weighted by Gasteiger charge is -2.33. The third-order valence-corrected chi connectivity index (χ3v) is 6.94. The van der Waals surface area contributed by atoms with Gasteiger partial charge in [-0.25, -0.2) is 4.79 Å². The number of aryl methyl sites for hydroxylation is 2. The topological polar surface area (TPSA) is 84.2 Å². The first-order valence-corrected chi connectivity index (χ1v) is 12.9. The number of hydrogen-bond acceptors (Lipinski definition) is 7. The van der Waals surface area contributed by atoms with Gasteiger partial charge in [0.2, 0.25) is 0 Å². The van der Waals surface area contributed by atoms with E-state index in [0.717, 1.165) is 48.4 Å². The zero-order chi connectivity index (χ0) is 26.2. The van der Waals surface area contributed by atoms with Crippen molar-refractivity contribution in [2.45, 2.75) is 52.1 Å². The molecule has 3 aromatic rings. The van der Waals surface area contributed by atoms with E-state index in [-0.39, 0.29) is 12.0 Å². The number of aromatic nitrogens is 1. The number of carbonyl (C=O) groups excluding carboxylic acids is 1. The van der Waals surface area contributed by atoms with Gasteiger partial charge >= 0.3 is 6.16 Å². The number of piperidine rings is 1. The van der Waals surface area contributed by atoms with Crippen molar-refractivity contribution in [3.63, 3.8) is 0 Å². The van der Waals surface area contributed by atoms with Crippen molar-refractivity contribution in [1.82, 2.24) is 4.98 Å². The maximum atomic E-state index is 11.6. The Morgan fingerprint density at radius 3 is 2.49 bits per heavy atom. The number of anilines is 1. The van der Waals surface area contributed by atoms with E-state index in [1.54, 1.807) is 13.1 Å². The van der Waals surface area contributed by atoms with Crippen LogP contribution in [-0.4, -0.2) is 47.9 Å². The minimum Gasteiger partial charge on any atom is -0.435 e. The SMILES string of the molecule is CCOC(=O)OC1CCN(c2ccc([C@@H](C/C(=N\O)c3ccnc(C)c3)c3ccccc3C)cc2)CC1. The van der Waals surface area contributed by atoms with E-state index < -0.39 is 6.16 Å². The summed E-state index contributed by atoms with van der Waals surface area (Å²) in [5.41, 5.74) is 7.09. The Kier molecular flexibility index (Phi) is 8.77. The van der Waals surface area contributed by atoms with Gasteiger partial charge < -0.3 is 19.6 Å². The van der Waals surface area contributed by atoms with E-state index in [0.29, 0.717) is 18.7 Å². The van der Waals surface area contributed by atoms with Crippen molar-refractivity contribution in [3.05, 3.63) is 94.8 Å². The minimum atomic E-state index is -0.583. The maximum Gasteiger partial charge on any atom is 0.508 e. The van der Waals surface area contributed by atoms with Crippen molar-refractivity contribution in [2.75, 3.05) is 24.6 Å². The Hall–Kier alpha value is -3.87. The number of benzene rings is 2. The van der Waals surface area contributed by atoms with E-state index in [1.807, 2.05) is 25.1 Å². The minimum absolute atomic E-state index is 0.0262. The number of carbonyl (C=O) groups is 1. The number of oxime groups is 1. The monoisotopic (exact) mass is 501 g/mol. The van der Waals surface area contributed by atoms with Crippen LogP contribution < -0.4 is 4.90 Å². The van der Waals surface area contributed by atoms with Crippen LogP contribution in [0.5, 0.6) is 0 Å². The first-order valence-electron chi connectivity index (χ1n) is 12.9. The molecule has 194 valence electrons. The van der Waals surface area contributed by atoms with Crippen molar-refractivity contribution in [3.8, 4) is 0 Å². The zero-order valence-corrected chi connectivity index (χ0v) is 21.8. The molecule has 1 atom stereocenters. The normalized spacial score (nSPS) is 15.3. The van der Waals surface area contributed by atoms with E-state index in [2.05, 4.69) is 64.4 Å². The highest BCUT2D eigenvalue weighted by molar-refractivity contribution is 6.01. The van der Waals surface area contributed by atoms with Gasteiger partial charge in [0, 0.05) is 61.4 Å². The molecular weight excluding hydrogens is 466 g/mol. The molecule has 1 aliphatic heterocycles. The van der Waals surface area contributed by atoms with E-state index in [1.165, 1.54) is 11.1 Å². The molecule has 37 heavy (non-hydrogen) atoms. The number of pyridine rings is 1. The third kappa shape index (κ3) is 6.67. The Bertz CT molecular complexity index is 1220. The Morgan fingerprint density at radius 1 is 1.11 bits per heavy atom. The third-order valence-electron chi connectivity index (χ3n) is 6.94. The van der Waals surface area contributed by atoms with Gasteiger partial charge in [0.05, 0.1) is 12.3 Å². The van der Waals surface area contributed by atoms with Crippen LogP contribution in [0, 0.1) is 13.8 Å². The molecule has 1 aliphatic rings. The number of hydrogen-bond donors (Lipinski definition) is 1. The van der Waals surface area contributed by atoms with Gasteiger partial charge in [-0.1, -0.05) is 41.6 Å². The first kappa shape index (κ1) is 26.2. The molecule has 0 aliphatic carbocycles. The summed E-state index contributed by atoms with van der Waals surface area (Å²) in [4.78, 5) is 18.2. The quantitative estimate of drug-likeness (QED) is 0.170. The van der Waals surface area contributed by atoms with Crippen molar-refractivity contribution in [1.29, 1.82) is 0 Å². The van der Waals surface area contributed by atoms with Crippen LogP contribution >= 0.6 is 0 Å². The molecule has 2 heterocycles. The second-order valence-electron chi connectivity index (χ2n) is 9.42. The highest BCUT2D eigenvalue weighted by atomic mass is 16.7. The molecule has 1 saturated heterocycles. The summed E-state index contributed by atoms with van der Waals surface area (Å²) in [5, 5.41) is 13.6. The molecule has 7 heteroatoms. The second-order valence-corrected chi connectivity index (χ2v) is 9.42. The highest BCUT2D eigenvalue weighted by Crippen LogP contribution is 2.33. The summed E-state index contributed by atoms with van der Waals surface area (Å²) in [6, 6.07) is 20.8. The predicted molar refractivity (Wildman–Crippen MR) is 145 cm³/mol. The average molecular weight is 502 g/mol. The van der Waals surface area contributed by atoms with Gasteiger partial charge in [-0.05, 0) is 61.7 Å². The van der Waals surface area contributed by atoms with E-state index >= 15 is 0 Å². The van der Waals surface area contributed by atoms with Gasteiger partial charge in [-0.3, -0.25) is 4.98 Å². The maximum absolute atomic E-state index is 11.6. The molecule has 0 radical (unpaired) electrons. The molecule has 1 aromatic heterocycles. The van der Waals surface area contributed by atoms with Crippen molar-refractivity contribution in [2.24, 2.45) is 5.16 Å². The van der Waals surface area contributed by atoms with Crippen molar-refractivity contribution >= 4 is 17.6 Å². The Balaban J connectivity index is 1.52. The average Bonchev–Trinajstić information content (AvgIpc) is 2.91. The molecule has 0 bridgehead atoms. The first-order chi connectivity index (χ1) is 18.0. The standard InChI is InChI=1S/C30H35N3O4/c1-4-36-30(34)37-26-14-17-33(18-15-26)25-11-9-23(10-12-25)28(27-8-6-5-7-21(27)2)20-29(32-35)24-13-16-31-22(3)19-24/h5-13,16,19,26,28,35H,4,14-15,17-18,20H2,1-3H3/b32-29+/t28-/m1/s1. The fourth-order valence-electron chi connectivity index (χ4n) is 4.96. The Labute approximate surface area is 218 Å². The number of rotatable bonds is 8. The number of nitrogens with zero attached hydrogens (tertiary/aromatic N) is 3. The van der Waals surface area contributed by atoms with Gasteiger partial charge in [0.1, 0.15) is 6.10 Å². The molecule has 2 aromatic carbocycles. The van der Waals surface area contributed by atoms with Crippen LogP contribution in [0.4, 0.5) is 10.5 Å². The molecule has 4 rings (SSSR count). The Morgan fingerprint density at radius 2 is 1.84 bits per heavy atom. The van der Waals surface area contributed by atoms with Crippen LogP contribution in [0.1, 0.15) is 60.1 Å². The summed E-state index contributed by atoms with van der Waals surface area (Å²) < 4.78 is 10.3. The predicted octanol–water partition coefficient (Wildman–Crippen LogP) is 6.24. The number of ether oxygens (including phenoxy) is 2. The largest absolute Gasteiger partial charge is 0.508 e. The van der Waals surface area contributed by atoms with Gasteiger partial charge in [-0.15, -0.1) is 0 Å². The summed E-state index contributed by atoms with van der Waals surface area (Å²) in [7, 11) is 0. The summed E-state index contributed by atoms with van der Waals surface area (Å²) >= 11 is 0. The molecular formula is C30H35N3O4. The molecule has 0 saturated carbocycles. The van der Waals surface area contributed by atoms with Gasteiger partial charge in [0.15, 0.2) is 0 Å². The van der Waals surface area contributed by atoms with E-state index in [4.69, 9.17) is 9.47 Å². The zero-order valence-electron chi connectivity index (χ0n) is 21.8. The summed E-state index contributed by atoms with van der Waals surface area (Å²) in [6.45, 7) is 7.77. The van der Waals surface area contributed by atoms with Crippen LogP contribution in [0.15, 0.2) is 72.0 Å². The van der Waals surface area contributed by atoms with Crippen LogP contribution in [0.3, 0.4) is 0 Å². The molecule has 1 fully saturated rings. The van der Waals surface area contributed by atoms with E-state index in [9.17, 15) is 10.0 Å². The fourth-order valence-corrected chi connectivity index (χ4v) is 4.96. The fraction of sp³-hybridized carbons (Fsp3) is 0.367. The molecule has 0 unspecified atom stereocenters.